The first-order valence-electron chi connectivity index (χ1n) is 10.0. The highest BCUT2D eigenvalue weighted by Gasteiger charge is 2.14. The fraction of sp³-hybridized carbons (Fsp3) is 0.200. The first kappa shape index (κ1) is 23.0. The van der Waals surface area contributed by atoms with E-state index in [1.807, 2.05) is 43.5 Å². The number of nitrogens with one attached hydrogen (secondary N) is 2. The van der Waals surface area contributed by atoms with Gasteiger partial charge in [0.1, 0.15) is 18.2 Å². The van der Waals surface area contributed by atoms with Crippen molar-refractivity contribution in [3.63, 3.8) is 0 Å². The lowest BCUT2D eigenvalue weighted by atomic mass is 10.1. The molecule has 2 N–H and O–H groups in total. The van der Waals surface area contributed by atoms with Crippen molar-refractivity contribution in [2.75, 3.05) is 19.8 Å². The lowest BCUT2D eigenvalue weighted by Gasteiger charge is -2.13. The molecular formula is C25H22BrN3O3. The van der Waals surface area contributed by atoms with Crippen molar-refractivity contribution < 1.29 is 14.3 Å². The maximum Gasteiger partial charge on any atom is 0.261 e. The number of benzene rings is 2. The number of para-hydroxylation sites is 1. The van der Waals surface area contributed by atoms with Crippen LogP contribution >= 0.6 is 15.9 Å². The summed E-state index contributed by atoms with van der Waals surface area (Å²) in [7, 11) is 0. The van der Waals surface area contributed by atoms with Gasteiger partial charge >= 0.3 is 0 Å². The first-order chi connectivity index (χ1) is 15.6. The fourth-order valence-electron chi connectivity index (χ4n) is 3.21. The molecule has 0 spiro atoms. The second kappa shape index (κ2) is 11.1. The summed E-state index contributed by atoms with van der Waals surface area (Å²) >= 11 is 3.46. The van der Waals surface area contributed by atoms with Gasteiger partial charge in [-0.15, -0.1) is 6.42 Å². The average molecular weight is 492 g/mol. The number of carbonyl (C=O) groups excluding carboxylic acids is 1. The summed E-state index contributed by atoms with van der Waals surface area (Å²) in [4.78, 5) is 15.8. The zero-order valence-corrected chi connectivity index (χ0v) is 19.2. The minimum absolute atomic E-state index is 0.00984. The molecule has 0 aliphatic heterocycles. The molecule has 6 nitrogen and oxygen atoms in total. The second-order valence-electron chi connectivity index (χ2n) is 6.78. The molecule has 1 heterocycles. The van der Waals surface area contributed by atoms with E-state index < -0.39 is 5.91 Å². The molecule has 0 saturated carbocycles. The van der Waals surface area contributed by atoms with Gasteiger partial charge in [-0.2, -0.15) is 5.26 Å². The van der Waals surface area contributed by atoms with E-state index in [1.54, 1.807) is 12.1 Å². The SMILES string of the molecule is C#CCOc1cc(Br)c(/C=C(/C#N)C(=O)NCCc2c[nH]c3ccccc23)cc1OCC. The minimum atomic E-state index is -0.440. The number of terminal acetylenes is 1. The van der Waals surface area contributed by atoms with Crippen molar-refractivity contribution in [1.29, 1.82) is 5.26 Å². The number of amides is 1. The average Bonchev–Trinajstić information content (AvgIpc) is 3.21. The van der Waals surface area contributed by atoms with Gasteiger partial charge in [0, 0.05) is 28.1 Å². The Kier molecular flexibility index (Phi) is 7.96. The third kappa shape index (κ3) is 5.51. The van der Waals surface area contributed by atoms with Crippen LogP contribution in [-0.4, -0.2) is 30.6 Å². The summed E-state index contributed by atoms with van der Waals surface area (Å²) in [5.74, 6) is 2.94. The third-order valence-corrected chi connectivity index (χ3v) is 5.38. The standard InChI is InChI=1S/C25H22BrN3O3/c1-3-11-32-24-14-21(26)18(13-23(24)31-4-2)12-19(15-27)25(30)28-10-9-17-16-29-22-8-6-5-7-20(17)22/h1,5-8,12-14,16,29H,4,9-11H2,2H3,(H,28,30)/b19-12-. The van der Waals surface area contributed by atoms with Crippen LogP contribution in [0.15, 0.2) is 52.6 Å². The Bertz CT molecular complexity index is 1230. The van der Waals surface area contributed by atoms with Crippen LogP contribution in [0.25, 0.3) is 17.0 Å². The summed E-state index contributed by atoms with van der Waals surface area (Å²) in [5, 5.41) is 13.5. The number of fused-ring (bicyclic) bond motifs is 1. The van der Waals surface area contributed by atoms with Crippen LogP contribution in [0, 0.1) is 23.7 Å². The van der Waals surface area contributed by atoms with Gasteiger partial charge in [-0.05, 0) is 48.7 Å². The molecule has 32 heavy (non-hydrogen) atoms. The summed E-state index contributed by atoms with van der Waals surface area (Å²) in [6.07, 6.45) is 9.36. The Morgan fingerprint density at radius 3 is 2.81 bits per heavy atom. The lowest BCUT2D eigenvalue weighted by Crippen LogP contribution is -2.26. The molecule has 7 heteroatoms. The third-order valence-electron chi connectivity index (χ3n) is 4.69. The number of ether oxygens (including phenoxy) is 2. The van der Waals surface area contributed by atoms with E-state index in [2.05, 4.69) is 32.2 Å². The zero-order valence-electron chi connectivity index (χ0n) is 17.6. The molecule has 0 atom stereocenters. The highest BCUT2D eigenvalue weighted by molar-refractivity contribution is 9.10. The van der Waals surface area contributed by atoms with Gasteiger partial charge in [0.2, 0.25) is 0 Å². The summed E-state index contributed by atoms with van der Waals surface area (Å²) in [6.45, 7) is 2.79. The van der Waals surface area contributed by atoms with E-state index in [1.165, 1.54) is 6.08 Å². The zero-order chi connectivity index (χ0) is 22.9. The Balaban J connectivity index is 1.73. The molecule has 0 saturated heterocycles. The number of H-pyrrole nitrogens is 1. The second-order valence-corrected chi connectivity index (χ2v) is 7.64. The number of aromatic nitrogens is 1. The van der Waals surface area contributed by atoms with Gasteiger partial charge in [-0.3, -0.25) is 4.79 Å². The van der Waals surface area contributed by atoms with Crippen LogP contribution in [-0.2, 0) is 11.2 Å². The highest BCUT2D eigenvalue weighted by atomic mass is 79.9. The van der Waals surface area contributed by atoms with Crippen molar-refractivity contribution in [1.82, 2.24) is 10.3 Å². The molecule has 1 aromatic heterocycles. The van der Waals surface area contributed by atoms with Crippen molar-refractivity contribution >= 4 is 38.8 Å². The fourth-order valence-corrected chi connectivity index (χ4v) is 3.65. The van der Waals surface area contributed by atoms with E-state index in [9.17, 15) is 10.1 Å². The molecule has 0 unspecified atom stereocenters. The van der Waals surface area contributed by atoms with E-state index in [0.29, 0.717) is 41.1 Å². The maximum atomic E-state index is 12.6. The molecule has 0 radical (unpaired) electrons. The van der Waals surface area contributed by atoms with E-state index in [0.717, 1.165) is 16.5 Å². The number of nitrogens with zero attached hydrogens (tertiary/aromatic N) is 1. The molecule has 2 aromatic carbocycles. The quantitative estimate of drug-likeness (QED) is 0.260. The van der Waals surface area contributed by atoms with E-state index in [4.69, 9.17) is 15.9 Å². The van der Waals surface area contributed by atoms with Crippen LogP contribution in [0.1, 0.15) is 18.1 Å². The van der Waals surface area contributed by atoms with Gasteiger partial charge in [-0.25, -0.2) is 0 Å². The topological polar surface area (TPSA) is 87.1 Å². The molecular weight excluding hydrogens is 470 g/mol. The summed E-state index contributed by atoms with van der Waals surface area (Å²) in [5.41, 5.74) is 2.76. The molecule has 0 aliphatic carbocycles. The number of nitriles is 1. The van der Waals surface area contributed by atoms with Crippen molar-refractivity contribution in [3.8, 4) is 29.9 Å². The molecule has 1 amide bonds. The first-order valence-corrected chi connectivity index (χ1v) is 10.8. The monoisotopic (exact) mass is 491 g/mol. The van der Waals surface area contributed by atoms with Crippen LogP contribution < -0.4 is 14.8 Å². The number of rotatable bonds is 9. The predicted octanol–water partition coefficient (Wildman–Crippen LogP) is 4.61. The Labute approximate surface area is 195 Å². The Morgan fingerprint density at radius 1 is 1.28 bits per heavy atom. The van der Waals surface area contributed by atoms with Gasteiger partial charge in [0.15, 0.2) is 11.5 Å². The molecule has 162 valence electrons. The largest absolute Gasteiger partial charge is 0.490 e. The van der Waals surface area contributed by atoms with Gasteiger partial charge in [-0.1, -0.05) is 40.0 Å². The van der Waals surface area contributed by atoms with Gasteiger partial charge in [0.25, 0.3) is 5.91 Å². The van der Waals surface area contributed by atoms with E-state index >= 15 is 0 Å². The summed E-state index contributed by atoms with van der Waals surface area (Å²) < 4.78 is 11.8. The Hall–Kier alpha value is -3.68. The number of aromatic amines is 1. The molecule has 0 fully saturated rings. The van der Waals surface area contributed by atoms with Crippen LogP contribution in [0.4, 0.5) is 0 Å². The van der Waals surface area contributed by atoms with Gasteiger partial charge in [0.05, 0.1) is 6.61 Å². The number of carbonyl (C=O) groups is 1. The van der Waals surface area contributed by atoms with Crippen molar-refractivity contribution in [2.24, 2.45) is 0 Å². The maximum absolute atomic E-state index is 12.6. The summed E-state index contributed by atoms with van der Waals surface area (Å²) in [6, 6.07) is 13.4. The Morgan fingerprint density at radius 2 is 2.06 bits per heavy atom. The van der Waals surface area contributed by atoms with E-state index in [-0.39, 0.29) is 12.2 Å². The molecule has 3 rings (SSSR count). The molecule has 0 aliphatic rings. The van der Waals surface area contributed by atoms with Crippen molar-refractivity contribution in [3.05, 3.63) is 63.8 Å². The van der Waals surface area contributed by atoms with Crippen molar-refractivity contribution in [2.45, 2.75) is 13.3 Å². The highest BCUT2D eigenvalue weighted by Crippen LogP contribution is 2.35. The van der Waals surface area contributed by atoms with Crippen LogP contribution in [0.3, 0.4) is 0 Å². The van der Waals surface area contributed by atoms with Gasteiger partial charge < -0.3 is 19.8 Å². The predicted molar refractivity (Wildman–Crippen MR) is 128 cm³/mol. The smallest absolute Gasteiger partial charge is 0.261 e. The van der Waals surface area contributed by atoms with Crippen LogP contribution in [0.2, 0.25) is 0 Å². The van der Waals surface area contributed by atoms with Crippen LogP contribution in [0.5, 0.6) is 11.5 Å². The number of hydrogen-bond donors (Lipinski definition) is 2. The number of hydrogen-bond acceptors (Lipinski definition) is 4. The molecule has 3 aromatic rings. The normalized spacial score (nSPS) is 10.9. The lowest BCUT2D eigenvalue weighted by molar-refractivity contribution is -0.117. The number of halogens is 1. The minimum Gasteiger partial charge on any atom is -0.490 e. The molecule has 0 bridgehead atoms.